The van der Waals surface area contributed by atoms with Gasteiger partial charge in [0.2, 0.25) is 0 Å². The molecule has 0 saturated carbocycles. The second-order valence-corrected chi connectivity index (χ2v) is 9.05. The van der Waals surface area contributed by atoms with Crippen LogP contribution >= 0.6 is 39.1 Å². The molecular formula is C25H17BrCl2N2O5. The predicted octanol–water partition coefficient (Wildman–Crippen LogP) is 6.01. The first-order valence-electron chi connectivity index (χ1n) is 10.2. The lowest BCUT2D eigenvalue weighted by Crippen LogP contribution is -2.54. The molecule has 1 fully saturated rings. The van der Waals surface area contributed by atoms with Crippen molar-refractivity contribution >= 4 is 68.7 Å². The highest BCUT2D eigenvalue weighted by atomic mass is 79.9. The molecule has 1 heterocycles. The van der Waals surface area contributed by atoms with Gasteiger partial charge in [-0.2, -0.15) is 0 Å². The number of benzene rings is 3. The van der Waals surface area contributed by atoms with E-state index in [0.29, 0.717) is 37.3 Å². The van der Waals surface area contributed by atoms with Gasteiger partial charge in [-0.3, -0.25) is 14.9 Å². The first-order valence-corrected chi connectivity index (χ1v) is 11.7. The lowest BCUT2D eigenvalue weighted by atomic mass is 10.1. The Hall–Kier alpha value is -3.33. The smallest absolute Gasteiger partial charge is 0.335 e. The van der Waals surface area contributed by atoms with Crippen molar-refractivity contribution in [2.24, 2.45) is 0 Å². The lowest BCUT2D eigenvalue weighted by Gasteiger charge is -2.26. The largest absolute Gasteiger partial charge is 0.493 e. The molecule has 0 aromatic heterocycles. The van der Waals surface area contributed by atoms with Gasteiger partial charge in [-0.15, -0.1) is 0 Å². The summed E-state index contributed by atoms with van der Waals surface area (Å²) in [4.78, 5) is 38.8. The number of methoxy groups -OCH3 is 1. The average Bonchev–Trinajstić information content (AvgIpc) is 2.82. The maximum atomic E-state index is 13.1. The number of para-hydroxylation sites is 1. The Morgan fingerprint density at radius 3 is 2.46 bits per heavy atom. The molecule has 0 unspecified atom stereocenters. The molecule has 7 nitrogen and oxygen atoms in total. The molecule has 1 aliphatic rings. The summed E-state index contributed by atoms with van der Waals surface area (Å²) in [5, 5.41) is 3.18. The van der Waals surface area contributed by atoms with Crippen LogP contribution in [0.2, 0.25) is 10.0 Å². The molecule has 0 spiro atoms. The molecular weight excluding hydrogens is 559 g/mol. The highest BCUT2D eigenvalue weighted by Crippen LogP contribution is 2.38. The third-order valence-corrected chi connectivity index (χ3v) is 6.24. The summed E-state index contributed by atoms with van der Waals surface area (Å²) < 4.78 is 11.9. The Balaban J connectivity index is 1.64. The SMILES string of the molecule is COc1cc(/C=C2/C(=O)NC(=O)N(c3ccccc3)C2=O)cc(Br)c1OCc1ccc(Cl)cc1Cl. The van der Waals surface area contributed by atoms with E-state index in [1.807, 2.05) is 0 Å². The summed E-state index contributed by atoms with van der Waals surface area (Å²) in [6.07, 6.45) is 1.38. The molecule has 0 aliphatic carbocycles. The van der Waals surface area contributed by atoms with Crippen LogP contribution in [-0.4, -0.2) is 25.0 Å². The zero-order valence-corrected chi connectivity index (χ0v) is 21.3. The fourth-order valence-electron chi connectivity index (χ4n) is 3.39. The molecule has 0 radical (unpaired) electrons. The standard InChI is InChI=1S/C25H17BrCl2N2O5/c1-34-21-11-14(10-19(26)22(21)35-13-15-7-8-16(27)12-20(15)28)9-18-23(31)29-25(33)30(24(18)32)17-5-3-2-4-6-17/h2-12H,13H2,1H3,(H,29,31,33)/b18-9-. The minimum atomic E-state index is -0.813. The number of barbiturate groups is 1. The molecule has 10 heteroatoms. The van der Waals surface area contributed by atoms with Crippen LogP contribution in [0.1, 0.15) is 11.1 Å². The number of hydrogen-bond acceptors (Lipinski definition) is 5. The molecule has 1 N–H and O–H groups in total. The molecule has 3 aromatic rings. The number of halogens is 3. The Bertz CT molecular complexity index is 1360. The van der Waals surface area contributed by atoms with Crippen LogP contribution in [0.15, 0.2) is 70.7 Å². The Morgan fingerprint density at radius 2 is 1.77 bits per heavy atom. The number of nitrogens with one attached hydrogen (secondary N) is 1. The van der Waals surface area contributed by atoms with Crippen LogP contribution in [-0.2, 0) is 16.2 Å². The third kappa shape index (κ3) is 5.35. The quantitative estimate of drug-likeness (QED) is 0.287. The van der Waals surface area contributed by atoms with Crippen molar-refractivity contribution in [1.82, 2.24) is 5.32 Å². The molecule has 4 amide bonds. The van der Waals surface area contributed by atoms with E-state index in [2.05, 4.69) is 21.2 Å². The van der Waals surface area contributed by atoms with Gasteiger partial charge in [-0.25, -0.2) is 9.69 Å². The topological polar surface area (TPSA) is 84.9 Å². The molecule has 35 heavy (non-hydrogen) atoms. The predicted molar refractivity (Wildman–Crippen MR) is 137 cm³/mol. The van der Waals surface area contributed by atoms with Crippen molar-refractivity contribution in [1.29, 1.82) is 0 Å². The number of ether oxygens (including phenoxy) is 2. The van der Waals surface area contributed by atoms with Crippen LogP contribution in [0, 0.1) is 0 Å². The maximum Gasteiger partial charge on any atom is 0.335 e. The van der Waals surface area contributed by atoms with E-state index in [0.717, 1.165) is 10.5 Å². The molecule has 3 aromatic carbocycles. The van der Waals surface area contributed by atoms with Crippen molar-refractivity contribution in [2.75, 3.05) is 12.0 Å². The number of anilines is 1. The summed E-state index contributed by atoms with van der Waals surface area (Å²) in [6, 6.07) is 15.9. The normalized spacial score (nSPS) is 14.8. The van der Waals surface area contributed by atoms with Gasteiger partial charge in [-0.05, 0) is 64.0 Å². The number of urea groups is 1. The number of amides is 4. The van der Waals surface area contributed by atoms with Crippen molar-refractivity contribution in [3.8, 4) is 11.5 Å². The fourth-order valence-corrected chi connectivity index (χ4v) is 4.42. The Labute approximate surface area is 219 Å². The summed E-state index contributed by atoms with van der Waals surface area (Å²) in [5.74, 6) is -0.769. The Morgan fingerprint density at radius 1 is 1.03 bits per heavy atom. The number of carbonyl (C=O) groups is 3. The first-order chi connectivity index (χ1) is 16.8. The number of rotatable bonds is 6. The van der Waals surface area contributed by atoms with Gasteiger partial charge in [0.25, 0.3) is 11.8 Å². The van der Waals surface area contributed by atoms with Gasteiger partial charge in [0.1, 0.15) is 12.2 Å². The first kappa shape index (κ1) is 24.8. The molecule has 178 valence electrons. The number of carbonyl (C=O) groups excluding carboxylic acids is 3. The van der Waals surface area contributed by atoms with Crippen LogP contribution in [0.3, 0.4) is 0 Å². The molecule has 0 bridgehead atoms. The van der Waals surface area contributed by atoms with Crippen molar-refractivity contribution in [2.45, 2.75) is 6.61 Å². The summed E-state index contributed by atoms with van der Waals surface area (Å²) in [6.45, 7) is 0.153. The van der Waals surface area contributed by atoms with Crippen LogP contribution in [0.5, 0.6) is 11.5 Å². The summed E-state index contributed by atoms with van der Waals surface area (Å²) in [5.41, 5.74) is 1.35. The van der Waals surface area contributed by atoms with E-state index >= 15 is 0 Å². The fraction of sp³-hybridized carbons (Fsp3) is 0.0800. The third-order valence-electron chi connectivity index (χ3n) is 5.07. The minimum Gasteiger partial charge on any atom is -0.493 e. The van der Waals surface area contributed by atoms with Crippen molar-refractivity contribution < 1.29 is 23.9 Å². The van der Waals surface area contributed by atoms with Crippen LogP contribution in [0.25, 0.3) is 6.08 Å². The molecule has 4 rings (SSSR count). The number of imide groups is 2. The second-order valence-electron chi connectivity index (χ2n) is 7.35. The van der Waals surface area contributed by atoms with E-state index < -0.39 is 17.8 Å². The minimum absolute atomic E-state index is 0.153. The number of hydrogen-bond donors (Lipinski definition) is 1. The monoisotopic (exact) mass is 574 g/mol. The van der Waals surface area contributed by atoms with Gasteiger partial charge < -0.3 is 9.47 Å². The Kier molecular flexibility index (Phi) is 7.45. The molecule has 1 saturated heterocycles. The van der Waals surface area contributed by atoms with Gasteiger partial charge in [0, 0.05) is 15.6 Å². The zero-order valence-electron chi connectivity index (χ0n) is 18.2. The molecule has 1 aliphatic heterocycles. The second kappa shape index (κ2) is 10.5. The maximum absolute atomic E-state index is 13.1. The van der Waals surface area contributed by atoms with Gasteiger partial charge in [-0.1, -0.05) is 47.5 Å². The van der Waals surface area contributed by atoms with Gasteiger partial charge in [0.05, 0.1) is 17.3 Å². The van der Waals surface area contributed by atoms with E-state index in [1.165, 1.54) is 13.2 Å². The van der Waals surface area contributed by atoms with E-state index in [9.17, 15) is 14.4 Å². The summed E-state index contributed by atoms with van der Waals surface area (Å²) in [7, 11) is 1.47. The average molecular weight is 576 g/mol. The van der Waals surface area contributed by atoms with Crippen LogP contribution < -0.4 is 19.7 Å². The van der Waals surface area contributed by atoms with Gasteiger partial charge in [0.15, 0.2) is 11.5 Å². The molecule has 0 atom stereocenters. The van der Waals surface area contributed by atoms with Crippen molar-refractivity contribution in [3.05, 3.63) is 91.9 Å². The highest BCUT2D eigenvalue weighted by Gasteiger charge is 2.36. The van der Waals surface area contributed by atoms with E-state index in [1.54, 1.807) is 60.7 Å². The highest BCUT2D eigenvalue weighted by molar-refractivity contribution is 9.10. The summed E-state index contributed by atoms with van der Waals surface area (Å²) >= 11 is 15.6. The zero-order chi connectivity index (χ0) is 25.1. The van der Waals surface area contributed by atoms with Gasteiger partial charge >= 0.3 is 6.03 Å². The van der Waals surface area contributed by atoms with E-state index in [-0.39, 0.29) is 12.2 Å². The van der Waals surface area contributed by atoms with Crippen LogP contribution in [0.4, 0.5) is 10.5 Å². The lowest BCUT2D eigenvalue weighted by molar-refractivity contribution is -0.122. The number of nitrogens with zero attached hydrogens (tertiary/aromatic N) is 1. The van der Waals surface area contributed by atoms with Crippen molar-refractivity contribution in [3.63, 3.8) is 0 Å². The van der Waals surface area contributed by atoms with E-state index in [4.69, 9.17) is 32.7 Å².